The second-order valence-corrected chi connectivity index (χ2v) is 4.80. The number of rotatable bonds is 6. The van der Waals surface area contributed by atoms with E-state index in [1.165, 1.54) is 38.5 Å². The Bertz CT molecular complexity index is 674. The largest absolute Gasteiger partial charge is 0.478 e. The smallest absolute Gasteiger partial charge is 0.335 e. The van der Waals surface area contributed by atoms with Crippen molar-refractivity contribution in [3.05, 3.63) is 70.8 Å². The van der Waals surface area contributed by atoms with E-state index < -0.39 is 17.7 Å². The molecule has 0 aromatic heterocycles. The van der Waals surface area contributed by atoms with Crippen LogP contribution in [0.25, 0.3) is 0 Å². The highest BCUT2D eigenvalue weighted by molar-refractivity contribution is 5.88. The normalized spacial score (nSPS) is 11.2. The molecule has 0 spiro atoms. The molecular formula is C17H16O6. The fourth-order valence-electron chi connectivity index (χ4n) is 2.44. The third kappa shape index (κ3) is 3.08. The average molecular weight is 316 g/mol. The Morgan fingerprint density at radius 3 is 1.52 bits per heavy atom. The van der Waals surface area contributed by atoms with Crippen LogP contribution in [0.15, 0.2) is 48.5 Å². The minimum Gasteiger partial charge on any atom is -0.478 e. The SMILES string of the molecule is COC(OC)(c1cccc(C(=O)O)c1)c1cccc(C(=O)O)c1. The van der Waals surface area contributed by atoms with Crippen LogP contribution in [-0.2, 0) is 15.3 Å². The summed E-state index contributed by atoms with van der Waals surface area (Å²) in [5, 5.41) is 18.3. The van der Waals surface area contributed by atoms with Gasteiger partial charge in [0.1, 0.15) is 0 Å². The summed E-state index contributed by atoms with van der Waals surface area (Å²) in [5.41, 5.74) is 1.06. The number of carboxylic acids is 2. The molecule has 2 aromatic carbocycles. The van der Waals surface area contributed by atoms with Gasteiger partial charge in [0.2, 0.25) is 5.79 Å². The summed E-state index contributed by atoms with van der Waals surface area (Å²) in [4.78, 5) is 22.4. The second kappa shape index (κ2) is 6.60. The van der Waals surface area contributed by atoms with Gasteiger partial charge in [0.25, 0.3) is 0 Å². The highest BCUT2D eigenvalue weighted by Crippen LogP contribution is 2.34. The van der Waals surface area contributed by atoms with Crippen LogP contribution in [0.1, 0.15) is 31.8 Å². The molecule has 120 valence electrons. The topological polar surface area (TPSA) is 93.1 Å². The van der Waals surface area contributed by atoms with Gasteiger partial charge in [-0.1, -0.05) is 24.3 Å². The first-order valence-corrected chi connectivity index (χ1v) is 6.72. The van der Waals surface area contributed by atoms with E-state index in [1.54, 1.807) is 24.3 Å². The standard InChI is InChI=1S/C17H16O6/c1-22-17(23-2,13-7-3-5-11(9-13)15(18)19)14-8-4-6-12(10-14)16(20)21/h3-10H,1-2H3,(H,18,19)(H,20,21). The Balaban J connectivity index is 2.64. The van der Waals surface area contributed by atoms with Crippen LogP contribution in [0.3, 0.4) is 0 Å². The molecule has 23 heavy (non-hydrogen) atoms. The summed E-state index contributed by atoms with van der Waals surface area (Å²) in [5.74, 6) is -3.56. The van der Waals surface area contributed by atoms with E-state index in [0.29, 0.717) is 11.1 Å². The van der Waals surface area contributed by atoms with Gasteiger partial charge in [-0.2, -0.15) is 0 Å². The van der Waals surface area contributed by atoms with Gasteiger partial charge in [0.15, 0.2) is 0 Å². The summed E-state index contributed by atoms with van der Waals surface area (Å²) >= 11 is 0. The Kier molecular flexibility index (Phi) is 4.78. The molecule has 6 heteroatoms. The number of benzene rings is 2. The summed E-state index contributed by atoms with van der Waals surface area (Å²) in [7, 11) is 2.81. The molecule has 0 aliphatic rings. The fraction of sp³-hybridized carbons (Fsp3) is 0.176. The zero-order valence-electron chi connectivity index (χ0n) is 12.6. The maximum Gasteiger partial charge on any atom is 0.335 e. The van der Waals surface area contributed by atoms with Crippen molar-refractivity contribution < 1.29 is 29.3 Å². The third-order valence-electron chi connectivity index (χ3n) is 3.55. The molecule has 0 radical (unpaired) electrons. The molecule has 0 aliphatic carbocycles. The van der Waals surface area contributed by atoms with Gasteiger partial charge in [0.05, 0.1) is 11.1 Å². The minimum atomic E-state index is -1.41. The van der Waals surface area contributed by atoms with E-state index in [9.17, 15) is 9.59 Å². The lowest BCUT2D eigenvalue weighted by Gasteiger charge is -2.32. The van der Waals surface area contributed by atoms with Gasteiger partial charge in [-0.05, 0) is 24.3 Å². The summed E-state index contributed by atoms with van der Waals surface area (Å²) < 4.78 is 11.0. The summed E-state index contributed by atoms with van der Waals surface area (Å²) in [6, 6.07) is 12.2. The Morgan fingerprint density at radius 2 is 1.22 bits per heavy atom. The zero-order valence-corrected chi connectivity index (χ0v) is 12.6. The van der Waals surface area contributed by atoms with Crippen molar-refractivity contribution in [2.45, 2.75) is 5.79 Å². The molecule has 0 heterocycles. The number of hydrogen-bond acceptors (Lipinski definition) is 4. The van der Waals surface area contributed by atoms with Gasteiger partial charge in [-0.25, -0.2) is 9.59 Å². The number of methoxy groups -OCH3 is 2. The second-order valence-electron chi connectivity index (χ2n) is 4.80. The number of aromatic carboxylic acids is 2. The van der Waals surface area contributed by atoms with E-state index in [-0.39, 0.29) is 11.1 Å². The highest BCUT2D eigenvalue weighted by Gasteiger charge is 2.35. The third-order valence-corrected chi connectivity index (χ3v) is 3.55. The number of ether oxygens (including phenoxy) is 2. The highest BCUT2D eigenvalue weighted by atomic mass is 16.7. The fourth-order valence-corrected chi connectivity index (χ4v) is 2.44. The molecule has 0 unspecified atom stereocenters. The molecule has 2 N–H and O–H groups in total. The van der Waals surface area contributed by atoms with Gasteiger partial charge >= 0.3 is 11.9 Å². The van der Waals surface area contributed by atoms with E-state index in [1.807, 2.05) is 0 Å². The van der Waals surface area contributed by atoms with E-state index in [2.05, 4.69) is 0 Å². The molecule has 0 saturated heterocycles. The molecule has 2 aromatic rings. The quantitative estimate of drug-likeness (QED) is 0.796. The molecule has 0 amide bonds. The molecule has 0 bridgehead atoms. The van der Waals surface area contributed by atoms with Crippen LogP contribution in [0.4, 0.5) is 0 Å². The Labute approximate surface area is 132 Å². The monoisotopic (exact) mass is 316 g/mol. The van der Waals surface area contributed by atoms with E-state index in [0.717, 1.165) is 0 Å². The average Bonchev–Trinajstić information content (AvgIpc) is 2.57. The van der Waals surface area contributed by atoms with Gasteiger partial charge in [0, 0.05) is 25.3 Å². The van der Waals surface area contributed by atoms with Crippen LogP contribution in [-0.4, -0.2) is 36.4 Å². The van der Waals surface area contributed by atoms with Crippen molar-refractivity contribution in [3.8, 4) is 0 Å². The van der Waals surface area contributed by atoms with Gasteiger partial charge in [-0.3, -0.25) is 0 Å². The molecule has 0 atom stereocenters. The Morgan fingerprint density at radius 1 is 0.826 bits per heavy atom. The maximum atomic E-state index is 11.2. The molecule has 0 saturated carbocycles. The molecular weight excluding hydrogens is 300 g/mol. The maximum absolute atomic E-state index is 11.2. The molecule has 2 rings (SSSR count). The van der Waals surface area contributed by atoms with Crippen molar-refractivity contribution >= 4 is 11.9 Å². The zero-order chi connectivity index (χ0) is 17.0. The molecule has 0 aliphatic heterocycles. The van der Waals surface area contributed by atoms with Crippen LogP contribution >= 0.6 is 0 Å². The molecule has 6 nitrogen and oxygen atoms in total. The van der Waals surface area contributed by atoms with Crippen LogP contribution < -0.4 is 0 Å². The summed E-state index contributed by atoms with van der Waals surface area (Å²) in [6.07, 6.45) is 0. The first-order valence-electron chi connectivity index (χ1n) is 6.72. The lowest BCUT2D eigenvalue weighted by molar-refractivity contribution is -0.183. The van der Waals surface area contributed by atoms with Gasteiger partial charge < -0.3 is 19.7 Å². The minimum absolute atomic E-state index is 0.0790. The first kappa shape index (κ1) is 16.7. The van der Waals surface area contributed by atoms with Crippen LogP contribution in [0.2, 0.25) is 0 Å². The Hall–Kier alpha value is -2.70. The van der Waals surface area contributed by atoms with Crippen molar-refractivity contribution in [2.24, 2.45) is 0 Å². The predicted molar refractivity (Wildman–Crippen MR) is 81.6 cm³/mol. The number of carbonyl (C=O) groups is 2. The number of hydrogen-bond donors (Lipinski definition) is 2. The van der Waals surface area contributed by atoms with Crippen LogP contribution in [0.5, 0.6) is 0 Å². The first-order chi connectivity index (χ1) is 10.9. The number of carboxylic acid groups (broad SMARTS) is 2. The van der Waals surface area contributed by atoms with Gasteiger partial charge in [-0.15, -0.1) is 0 Å². The van der Waals surface area contributed by atoms with Crippen LogP contribution in [0, 0.1) is 0 Å². The van der Waals surface area contributed by atoms with Crippen molar-refractivity contribution in [1.82, 2.24) is 0 Å². The summed E-state index contributed by atoms with van der Waals surface area (Å²) in [6.45, 7) is 0. The van der Waals surface area contributed by atoms with Crippen molar-refractivity contribution in [1.29, 1.82) is 0 Å². The van der Waals surface area contributed by atoms with Crippen molar-refractivity contribution in [2.75, 3.05) is 14.2 Å². The van der Waals surface area contributed by atoms with E-state index in [4.69, 9.17) is 19.7 Å². The lowest BCUT2D eigenvalue weighted by Crippen LogP contribution is -2.32. The van der Waals surface area contributed by atoms with Crippen molar-refractivity contribution in [3.63, 3.8) is 0 Å². The predicted octanol–water partition coefficient (Wildman–Crippen LogP) is 2.58. The lowest BCUT2D eigenvalue weighted by atomic mass is 9.94. The van der Waals surface area contributed by atoms with E-state index >= 15 is 0 Å². The molecule has 0 fully saturated rings.